The highest BCUT2D eigenvalue weighted by molar-refractivity contribution is 6.31. The van der Waals surface area contributed by atoms with E-state index in [9.17, 15) is 4.79 Å². The van der Waals surface area contributed by atoms with Gasteiger partial charge in [-0.05, 0) is 13.8 Å². The molecule has 0 amide bonds. The van der Waals surface area contributed by atoms with E-state index < -0.39 is 11.9 Å². The van der Waals surface area contributed by atoms with Gasteiger partial charge in [0, 0.05) is 0 Å². The molecule has 0 aromatic carbocycles. The molecule has 14 heavy (non-hydrogen) atoms. The van der Waals surface area contributed by atoms with Crippen molar-refractivity contribution in [2.75, 3.05) is 0 Å². The van der Waals surface area contributed by atoms with Crippen LogP contribution >= 0.6 is 11.6 Å². The van der Waals surface area contributed by atoms with Crippen LogP contribution in [0.4, 0.5) is 0 Å². The van der Waals surface area contributed by atoms with Gasteiger partial charge in [-0.15, -0.1) is 0 Å². The van der Waals surface area contributed by atoms with Crippen LogP contribution in [0.25, 0.3) is 0 Å². The maximum absolute atomic E-state index is 10.6. The van der Waals surface area contributed by atoms with Crippen molar-refractivity contribution in [1.82, 2.24) is 9.78 Å². The van der Waals surface area contributed by atoms with E-state index in [2.05, 4.69) is 5.10 Å². The van der Waals surface area contributed by atoms with Gasteiger partial charge in [0.1, 0.15) is 0 Å². The lowest BCUT2D eigenvalue weighted by atomic mass is 10.2. The van der Waals surface area contributed by atoms with E-state index in [0.717, 1.165) is 11.4 Å². The number of hydrogen-bond donors (Lipinski definition) is 1. The fourth-order valence-corrected chi connectivity index (χ4v) is 1.33. The normalized spacial score (nSPS) is 12.9. The van der Waals surface area contributed by atoms with Crippen molar-refractivity contribution >= 4 is 17.6 Å². The molecule has 0 fully saturated rings. The Balaban J connectivity index is 2.87. The molecule has 78 valence electrons. The molecule has 1 N–H and O–H groups in total. The van der Waals surface area contributed by atoms with Gasteiger partial charge in [0.15, 0.2) is 0 Å². The van der Waals surface area contributed by atoms with Gasteiger partial charge < -0.3 is 5.11 Å². The van der Waals surface area contributed by atoms with Gasteiger partial charge in [0.25, 0.3) is 0 Å². The third-order valence-corrected chi connectivity index (χ3v) is 2.71. The topological polar surface area (TPSA) is 55.1 Å². The number of nitrogens with zero attached hydrogens (tertiary/aromatic N) is 2. The molecule has 0 saturated carbocycles. The van der Waals surface area contributed by atoms with E-state index in [1.54, 1.807) is 18.5 Å². The molecule has 0 spiro atoms. The van der Waals surface area contributed by atoms with Crippen LogP contribution in [-0.2, 0) is 11.3 Å². The molecule has 0 radical (unpaired) electrons. The lowest BCUT2D eigenvalue weighted by Gasteiger charge is -2.07. The number of aromatic nitrogens is 2. The quantitative estimate of drug-likeness (QED) is 0.839. The van der Waals surface area contributed by atoms with Crippen LogP contribution in [0.15, 0.2) is 0 Å². The molecule has 0 saturated heterocycles. The van der Waals surface area contributed by atoms with Crippen molar-refractivity contribution < 1.29 is 9.90 Å². The molecular formula is C9H13ClN2O2. The number of carboxylic acids is 1. The third kappa shape index (κ3) is 2.07. The zero-order valence-electron chi connectivity index (χ0n) is 8.41. The first kappa shape index (κ1) is 11.0. The summed E-state index contributed by atoms with van der Waals surface area (Å²) in [6, 6.07) is 0. The monoisotopic (exact) mass is 216 g/mol. The summed E-state index contributed by atoms with van der Waals surface area (Å²) in [5.74, 6) is -1.28. The minimum absolute atomic E-state index is 0.356. The lowest BCUT2D eigenvalue weighted by Crippen LogP contribution is -2.18. The molecule has 0 aliphatic carbocycles. The number of carboxylic acid groups (broad SMARTS) is 1. The van der Waals surface area contributed by atoms with Gasteiger partial charge in [0.2, 0.25) is 0 Å². The standard InChI is InChI=1S/C9H13ClN2O2/c1-5(9(13)14)4-12-7(3)8(10)6(2)11-12/h5H,4H2,1-3H3,(H,13,14). The summed E-state index contributed by atoms with van der Waals surface area (Å²) in [5.41, 5.74) is 1.55. The van der Waals surface area contributed by atoms with Crippen molar-refractivity contribution in [2.45, 2.75) is 27.3 Å². The molecule has 1 unspecified atom stereocenters. The first-order chi connectivity index (χ1) is 6.43. The van der Waals surface area contributed by atoms with Gasteiger partial charge in [0.05, 0.1) is 28.9 Å². The third-order valence-electron chi connectivity index (χ3n) is 2.16. The SMILES string of the molecule is Cc1nn(CC(C)C(=O)O)c(C)c1Cl. The van der Waals surface area contributed by atoms with Crippen LogP contribution < -0.4 is 0 Å². The highest BCUT2D eigenvalue weighted by Crippen LogP contribution is 2.19. The summed E-state index contributed by atoms with van der Waals surface area (Å²) in [6.45, 7) is 5.63. The maximum Gasteiger partial charge on any atom is 0.308 e. The van der Waals surface area contributed by atoms with Crippen LogP contribution in [0, 0.1) is 19.8 Å². The summed E-state index contributed by atoms with van der Waals surface area (Å²) in [7, 11) is 0. The fourth-order valence-electron chi connectivity index (χ4n) is 1.19. The Bertz CT molecular complexity index is 360. The van der Waals surface area contributed by atoms with Gasteiger partial charge in [-0.2, -0.15) is 5.10 Å². The minimum atomic E-state index is -0.825. The second-order valence-corrected chi connectivity index (χ2v) is 3.78. The van der Waals surface area contributed by atoms with Gasteiger partial charge in [-0.25, -0.2) is 0 Å². The number of rotatable bonds is 3. The molecule has 1 aromatic heterocycles. The van der Waals surface area contributed by atoms with Crippen molar-refractivity contribution in [3.8, 4) is 0 Å². The zero-order chi connectivity index (χ0) is 10.9. The second-order valence-electron chi connectivity index (χ2n) is 3.41. The Morgan fingerprint density at radius 2 is 2.21 bits per heavy atom. The van der Waals surface area contributed by atoms with E-state index in [4.69, 9.17) is 16.7 Å². The molecule has 0 aliphatic rings. The lowest BCUT2D eigenvalue weighted by molar-refractivity contribution is -0.141. The largest absolute Gasteiger partial charge is 0.481 e. The fraction of sp³-hybridized carbons (Fsp3) is 0.556. The van der Waals surface area contributed by atoms with Crippen molar-refractivity contribution in [1.29, 1.82) is 0 Å². The van der Waals surface area contributed by atoms with E-state index in [1.165, 1.54) is 0 Å². The van der Waals surface area contributed by atoms with Crippen molar-refractivity contribution in [2.24, 2.45) is 5.92 Å². The summed E-state index contributed by atoms with van der Waals surface area (Å²) in [4.78, 5) is 10.6. The Labute approximate surface area is 87.5 Å². The van der Waals surface area contributed by atoms with E-state index in [-0.39, 0.29) is 0 Å². The number of hydrogen-bond acceptors (Lipinski definition) is 2. The Hall–Kier alpha value is -1.03. The molecule has 5 heteroatoms. The molecule has 0 aliphatic heterocycles. The molecule has 1 heterocycles. The van der Waals surface area contributed by atoms with Crippen LogP contribution in [0.5, 0.6) is 0 Å². The van der Waals surface area contributed by atoms with Gasteiger partial charge in [-0.3, -0.25) is 9.48 Å². The highest BCUT2D eigenvalue weighted by atomic mass is 35.5. The summed E-state index contributed by atoms with van der Waals surface area (Å²) in [5, 5.41) is 13.5. The molecule has 1 aromatic rings. The number of aliphatic carboxylic acids is 1. The maximum atomic E-state index is 10.6. The molecule has 1 atom stereocenters. The number of halogens is 1. The van der Waals surface area contributed by atoms with E-state index in [1.807, 2.05) is 6.92 Å². The average molecular weight is 217 g/mol. The first-order valence-corrected chi connectivity index (χ1v) is 4.73. The van der Waals surface area contributed by atoms with Gasteiger partial charge >= 0.3 is 5.97 Å². The Morgan fingerprint density at radius 3 is 2.57 bits per heavy atom. The van der Waals surface area contributed by atoms with Crippen molar-refractivity contribution in [3.05, 3.63) is 16.4 Å². The second kappa shape index (κ2) is 4.00. The predicted octanol–water partition coefficient (Wildman–Crippen LogP) is 1.87. The summed E-state index contributed by atoms with van der Waals surface area (Å²) < 4.78 is 1.64. The highest BCUT2D eigenvalue weighted by Gasteiger charge is 2.15. The molecule has 1 rings (SSSR count). The Kier molecular flexibility index (Phi) is 3.16. The predicted molar refractivity (Wildman–Crippen MR) is 53.5 cm³/mol. The Morgan fingerprint density at radius 1 is 1.64 bits per heavy atom. The first-order valence-electron chi connectivity index (χ1n) is 4.35. The van der Waals surface area contributed by atoms with Crippen LogP contribution in [0.3, 0.4) is 0 Å². The van der Waals surface area contributed by atoms with Crippen LogP contribution in [0.2, 0.25) is 5.02 Å². The smallest absolute Gasteiger partial charge is 0.308 e. The van der Waals surface area contributed by atoms with Crippen molar-refractivity contribution in [3.63, 3.8) is 0 Å². The zero-order valence-corrected chi connectivity index (χ0v) is 9.17. The summed E-state index contributed by atoms with van der Waals surface area (Å²) in [6.07, 6.45) is 0. The minimum Gasteiger partial charge on any atom is -0.481 e. The van der Waals surface area contributed by atoms with Crippen LogP contribution in [0.1, 0.15) is 18.3 Å². The van der Waals surface area contributed by atoms with Gasteiger partial charge in [-0.1, -0.05) is 18.5 Å². The number of carbonyl (C=O) groups is 1. The number of aryl methyl sites for hydroxylation is 1. The average Bonchev–Trinajstić information content (AvgIpc) is 2.33. The van der Waals surface area contributed by atoms with E-state index >= 15 is 0 Å². The molecule has 0 bridgehead atoms. The van der Waals surface area contributed by atoms with Crippen LogP contribution in [-0.4, -0.2) is 20.9 Å². The molecular weight excluding hydrogens is 204 g/mol. The molecule has 4 nitrogen and oxygen atoms in total. The van der Waals surface area contributed by atoms with E-state index in [0.29, 0.717) is 11.6 Å². The summed E-state index contributed by atoms with van der Waals surface area (Å²) >= 11 is 5.93.